The Morgan fingerprint density at radius 2 is 1.92 bits per heavy atom. The van der Waals surface area contributed by atoms with E-state index in [1.54, 1.807) is 6.07 Å². The van der Waals surface area contributed by atoms with E-state index in [4.69, 9.17) is 4.74 Å². The molecule has 7 heteroatoms. The van der Waals surface area contributed by atoms with Crippen LogP contribution < -0.4 is 10.9 Å². The third-order valence-electron chi connectivity index (χ3n) is 3.36. The van der Waals surface area contributed by atoms with E-state index in [0.29, 0.717) is 0 Å². The van der Waals surface area contributed by atoms with E-state index in [2.05, 4.69) is 5.32 Å². The highest BCUT2D eigenvalue weighted by molar-refractivity contribution is 6.11. The number of nitrogens with one attached hydrogen (secondary N) is 1. The molecule has 0 saturated carbocycles. The van der Waals surface area contributed by atoms with Crippen LogP contribution in [-0.4, -0.2) is 36.5 Å². The van der Waals surface area contributed by atoms with Gasteiger partial charge in [-0.05, 0) is 30.3 Å². The number of carbonyl (C=O) groups excluding carboxylic acids is 2. The summed E-state index contributed by atoms with van der Waals surface area (Å²) in [6.07, 6.45) is 1.37. The van der Waals surface area contributed by atoms with Crippen molar-refractivity contribution in [3.05, 3.63) is 70.4 Å². The van der Waals surface area contributed by atoms with Gasteiger partial charge >= 0.3 is 0 Å². The maximum Gasteiger partial charge on any atom is 0.251 e. The number of hydrogen-bond acceptors (Lipinski definition) is 4. The van der Waals surface area contributed by atoms with Crippen molar-refractivity contribution in [2.24, 2.45) is 0 Å². The molecule has 6 nitrogen and oxygen atoms in total. The van der Waals surface area contributed by atoms with Crippen molar-refractivity contribution < 1.29 is 18.7 Å². The van der Waals surface area contributed by atoms with Gasteiger partial charge in [0.1, 0.15) is 5.82 Å². The quantitative estimate of drug-likeness (QED) is 0.469. The van der Waals surface area contributed by atoms with Gasteiger partial charge < -0.3 is 10.1 Å². The van der Waals surface area contributed by atoms with E-state index in [0.717, 1.165) is 16.7 Å². The summed E-state index contributed by atoms with van der Waals surface area (Å²) in [6, 6.07) is 7.76. The second-order valence-corrected chi connectivity index (χ2v) is 5.00. The van der Waals surface area contributed by atoms with Gasteiger partial charge in [-0.2, -0.15) is 0 Å². The van der Waals surface area contributed by atoms with Crippen molar-refractivity contribution >= 4 is 11.7 Å². The van der Waals surface area contributed by atoms with E-state index in [9.17, 15) is 18.8 Å². The summed E-state index contributed by atoms with van der Waals surface area (Å²) in [4.78, 5) is 37.2. The number of amides is 1. The summed E-state index contributed by atoms with van der Waals surface area (Å²) in [5, 5.41) is 2.55. The molecule has 0 spiro atoms. The topological polar surface area (TPSA) is 77.4 Å². The molecule has 2 aromatic rings. The first kappa shape index (κ1) is 17.6. The van der Waals surface area contributed by atoms with Gasteiger partial charge in [0.25, 0.3) is 11.5 Å². The zero-order chi connectivity index (χ0) is 17.5. The Balaban J connectivity index is 2.37. The van der Waals surface area contributed by atoms with E-state index in [-0.39, 0.29) is 18.7 Å². The van der Waals surface area contributed by atoms with E-state index in [1.807, 2.05) is 0 Å². The summed E-state index contributed by atoms with van der Waals surface area (Å²) in [7, 11) is 1.48. The molecule has 1 aromatic heterocycles. The summed E-state index contributed by atoms with van der Waals surface area (Å²) in [5.74, 6) is -1.72. The number of rotatable bonds is 7. The fourth-order valence-corrected chi connectivity index (χ4v) is 2.17. The van der Waals surface area contributed by atoms with Crippen molar-refractivity contribution in [1.82, 2.24) is 9.88 Å². The van der Waals surface area contributed by atoms with E-state index >= 15 is 0 Å². The lowest BCUT2D eigenvalue weighted by atomic mass is 10.0. The number of aromatic nitrogens is 1. The van der Waals surface area contributed by atoms with Crippen LogP contribution in [0.3, 0.4) is 0 Å². The average Bonchev–Trinajstić information content (AvgIpc) is 2.57. The number of hydrogen-bond donors (Lipinski definition) is 1. The molecule has 126 valence electrons. The van der Waals surface area contributed by atoms with Gasteiger partial charge in [-0.3, -0.25) is 19.0 Å². The number of methoxy groups -OCH3 is 1. The first-order chi connectivity index (χ1) is 11.5. The highest BCUT2D eigenvalue weighted by atomic mass is 19.1. The smallest absolute Gasteiger partial charge is 0.251 e. The number of carbonyl (C=O) groups is 2. The molecule has 2 rings (SSSR count). The van der Waals surface area contributed by atoms with Crippen LogP contribution in [0.2, 0.25) is 0 Å². The van der Waals surface area contributed by atoms with Gasteiger partial charge in [-0.25, -0.2) is 4.39 Å². The Bertz CT molecular complexity index is 771. The standard InChI is InChI=1S/C17H17FN2O4/c1-24-11-9-19-17(23)15(20-10-3-2-4-14(20)21)16(22)12-5-7-13(18)8-6-12/h2-8,10,15H,9,11H2,1H3,(H,19,23)/t15-/m1/s1. The highest BCUT2D eigenvalue weighted by Gasteiger charge is 2.29. The zero-order valence-corrected chi connectivity index (χ0v) is 13.1. The van der Waals surface area contributed by atoms with Crippen molar-refractivity contribution in [2.75, 3.05) is 20.3 Å². The fraction of sp³-hybridized carbons (Fsp3) is 0.235. The number of ether oxygens (including phenoxy) is 1. The molecule has 0 fully saturated rings. The molecule has 0 aliphatic carbocycles. The molecule has 0 unspecified atom stereocenters. The molecule has 0 aliphatic heterocycles. The Morgan fingerprint density at radius 1 is 1.21 bits per heavy atom. The summed E-state index contributed by atoms with van der Waals surface area (Å²) < 4.78 is 18.9. The number of ketones is 1. The number of nitrogens with zero attached hydrogens (tertiary/aromatic N) is 1. The molecule has 24 heavy (non-hydrogen) atoms. The van der Waals surface area contributed by atoms with Gasteiger partial charge in [-0.15, -0.1) is 0 Å². The first-order valence-corrected chi connectivity index (χ1v) is 7.28. The molecule has 0 bridgehead atoms. The summed E-state index contributed by atoms with van der Waals surface area (Å²) in [6.45, 7) is 0.469. The van der Waals surface area contributed by atoms with Gasteiger partial charge in [0, 0.05) is 31.5 Å². The van der Waals surface area contributed by atoms with Crippen LogP contribution in [0.1, 0.15) is 16.4 Å². The molecule has 0 radical (unpaired) electrons. The minimum atomic E-state index is -1.37. The number of Topliss-reactive ketones (excluding diaryl/α,β-unsaturated/α-hetero) is 1. The monoisotopic (exact) mass is 332 g/mol. The van der Waals surface area contributed by atoms with Crippen LogP contribution in [-0.2, 0) is 9.53 Å². The van der Waals surface area contributed by atoms with Crippen molar-refractivity contribution in [1.29, 1.82) is 0 Å². The molecular weight excluding hydrogens is 315 g/mol. The Labute approximate surface area is 137 Å². The predicted molar refractivity (Wildman–Crippen MR) is 85.4 cm³/mol. The van der Waals surface area contributed by atoms with Crippen LogP contribution in [0.25, 0.3) is 0 Å². The van der Waals surface area contributed by atoms with E-state index in [1.165, 1.54) is 37.6 Å². The van der Waals surface area contributed by atoms with Gasteiger partial charge in [-0.1, -0.05) is 6.07 Å². The van der Waals surface area contributed by atoms with Crippen LogP contribution >= 0.6 is 0 Å². The molecular formula is C17H17FN2O4. The molecule has 1 heterocycles. The number of benzene rings is 1. The number of halogens is 1. The first-order valence-electron chi connectivity index (χ1n) is 7.28. The third kappa shape index (κ3) is 4.14. The lowest BCUT2D eigenvalue weighted by molar-refractivity contribution is -0.123. The maximum atomic E-state index is 13.0. The largest absolute Gasteiger partial charge is 0.383 e. The summed E-state index contributed by atoms with van der Waals surface area (Å²) in [5.41, 5.74) is -0.348. The fourth-order valence-electron chi connectivity index (χ4n) is 2.17. The second-order valence-electron chi connectivity index (χ2n) is 5.00. The number of pyridine rings is 1. The molecule has 1 N–H and O–H groups in total. The zero-order valence-electron chi connectivity index (χ0n) is 13.1. The highest BCUT2D eigenvalue weighted by Crippen LogP contribution is 2.14. The van der Waals surface area contributed by atoms with Gasteiger partial charge in [0.15, 0.2) is 11.8 Å². The van der Waals surface area contributed by atoms with Crippen LogP contribution in [0.15, 0.2) is 53.5 Å². The minimum absolute atomic E-state index is 0.138. The predicted octanol–water partition coefficient (Wildman–Crippen LogP) is 1.17. The van der Waals surface area contributed by atoms with Crippen LogP contribution in [0, 0.1) is 5.82 Å². The lowest BCUT2D eigenvalue weighted by Gasteiger charge is -2.18. The maximum absolute atomic E-state index is 13.0. The Hall–Kier alpha value is -2.80. The second kappa shape index (κ2) is 8.16. The molecule has 0 aliphatic rings. The summed E-state index contributed by atoms with van der Waals surface area (Å²) >= 11 is 0. The van der Waals surface area contributed by atoms with Crippen LogP contribution in [0.4, 0.5) is 4.39 Å². The molecule has 1 amide bonds. The molecule has 1 aromatic carbocycles. The third-order valence-corrected chi connectivity index (χ3v) is 3.36. The van der Waals surface area contributed by atoms with Crippen molar-refractivity contribution in [3.8, 4) is 0 Å². The lowest BCUT2D eigenvalue weighted by Crippen LogP contribution is -2.42. The van der Waals surface area contributed by atoms with E-state index < -0.39 is 29.1 Å². The SMILES string of the molecule is COCCNC(=O)[C@@H](C(=O)c1ccc(F)cc1)n1ccccc1=O. The normalized spacial score (nSPS) is 11.8. The van der Waals surface area contributed by atoms with Gasteiger partial charge in [0.05, 0.1) is 6.61 Å². The van der Waals surface area contributed by atoms with Gasteiger partial charge in [0.2, 0.25) is 0 Å². The molecule has 0 saturated heterocycles. The Kier molecular flexibility index (Phi) is 5.97. The average molecular weight is 332 g/mol. The molecule has 1 atom stereocenters. The van der Waals surface area contributed by atoms with Crippen molar-refractivity contribution in [2.45, 2.75) is 6.04 Å². The van der Waals surface area contributed by atoms with Crippen LogP contribution in [0.5, 0.6) is 0 Å². The minimum Gasteiger partial charge on any atom is -0.383 e. The Morgan fingerprint density at radius 3 is 2.54 bits per heavy atom. The van der Waals surface area contributed by atoms with Crippen molar-refractivity contribution in [3.63, 3.8) is 0 Å².